The van der Waals surface area contributed by atoms with E-state index >= 15 is 0 Å². The van der Waals surface area contributed by atoms with Gasteiger partial charge in [0, 0.05) is 27.7 Å². The second-order valence-corrected chi connectivity index (χ2v) is 12.1. The SMILES string of the molecule is CC(Oc1cc(-c2ccc(P(C)(C)=O)c3ccccc23)cnc1N)c1c(Cl)ccc(F)c1Cl. The average molecular weight is 503 g/mol. The monoisotopic (exact) mass is 502 g/mol. The zero-order valence-corrected chi connectivity index (χ0v) is 20.7. The normalized spacial score (nSPS) is 12.7. The minimum absolute atomic E-state index is 0.0946. The van der Waals surface area contributed by atoms with E-state index < -0.39 is 19.1 Å². The maximum atomic E-state index is 14.0. The van der Waals surface area contributed by atoms with Crippen molar-refractivity contribution in [1.82, 2.24) is 4.98 Å². The minimum atomic E-state index is -2.47. The van der Waals surface area contributed by atoms with Gasteiger partial charge in [0.15, 0.2) is 11.6 Å². The van der Waals surface area contributed by atoms with Crippen LogP contribution in [0.2, 0.25) is 10.0 Å². The molecule has 0 spiro atoms. The first-order chi connectivity index (χ1) is 15.6. The summed E-state index contributed by atoms with van der Waals surface area (Å²) in [6.45, 7) is 5.23. The molecule has 4 nitrogen and oxygen atoms in total. The van der Waals surface area contributed by atoms with Gasteiger partial charge in [-0.05, 0) is 54.8 Å². The summed E-state index contributed by atoms with van der Waals surface area (Å²) in [6.07, 6.45) is 0.985. The lowest BCUT2D eigenvalue weighted by Crippen LogP contribution is -2.08. The Labute approximate surface area is 201 Å². The van der Waals surface area contributed by atoms with Crippen LogP contribution in [-0.2, 0) is 4.57 Å². The first kappa shape index (κ1) is 23.6. The molecular formula is C25H22Cl2FN2O2P. The Kier molecular flexibility index (Phi) is 6.41. The highest BCUT2D eigenvalue weighted by molar-refractivity contribution is 7.70. The molecule has 4 rings (SSSR count). The summed E-state index contributed by atoms with van der Waals surface area (Å²) in [5, 5.41) is 2.89. The van der Waals surface area contributed by atoms with Crippen LogP contribution < -0.4 is 15.8 Å². The quantitative estimate of drug-likeness (QED) is 0.229. The number of nitrogens with zero attached hydrogens (tertiary/aromatic N) is 1. The third-order valence-corrected chi connectivity index (χ3v) is 7.73. The lowest BCUT2D eigenvalue weighted by Gasteiger charge is -2.20. The molecule has 1 unspecified atom stereocenters. The van der Waals surface area contributed by atoms with E-state index in [1.165, 1.54) is 12.1 Å². The van der Waals surface area contributed by atoms with E-state index in [0.29, 0.717) is 16.3 Å². The van der Waals surface area contributed by atoms with Gasteiger partial charge < -0.3 is 15.0 Å². The fourth-order valence-electron chi connectivity index (χ4n) is 3.87. The molecule has 170 valence electrons. The van der Waals surface area contributed by atoms with Crippen LogP contribution in [0, 0.1) is 5.82 Å². The smallest absolute Gasteiger partial charge is 0.166 e. The number of anilines is 1. The maximum absolute atomic E-state index is 14.0. The summed E-state index contributed by atoms with van der Waals surface area (Å²) in [4.78, 5) is 4.30. The molecule has 0 fully saturated rings. The number of pyridine rings is 1. The summed E-state index contributed by atoms with van der Waals surface area (Å²) in [5.74, 6) is -0.0786. The predicted octanol–water partition coefficient (Wildman–Crippen LogP) is 7.32. The van der Waals surface area contributed by atoms with E-state index in [2.05, 4.69) is 4.98 Å². The van der Waals surface area contributed by atoms with E-state index in [-0.39, 0.29) is 10.8 Å². The van der Waals surface area contributed by atoms with Crippen molar-refractivity contribution in [2.45, 2.75) is 13.0 Å². The fourth-order valence-corrected chi connectivity index (χ4v) is 5.75. The van der Waals surface area contributed by atoms with Gasteiger partial charge in [-0.15, -0.1) is 0 Å². The fraction of sp³-hybridized carbons (Fsp3) is 0.160. The van der Waals surface area contributed by atoms with E-state index in [4.69, 9.17) is 33.7 Å². The van der Waals surface area contributed by atoms with E-state index in [0.717, 1.165) is 27.2 Å². The molecule has 2 N–H and O–H groups in total. The number of benzene rings is 3. The van der Waals surface area contributed by atoms with E-state index in [1.807, 2.05) is 36.4 Å². The Balaban J connectivity index is 1.79. The average Bonchev–Trinajstić information content (AvgIpc) is 2.76. The van der Waals surface area contributed by atoms with Gasteiger partial charge in [-0.2, -0.15) is 0 Å². The van der Waals surface area contributed by atoms with Crippen molar-refractivity contribution in [2.24, 2.45) is 0 Å². The van der Waals surface area contributed by atoms with Crippen molar-refractivity contribution in [3.05, 3.63) is 82.2 Å². The van der Waals surface area contributed by atoms with Gasteiger partial charge in [0.2, 0.25) is 0 Å². The highest BCUT2D eigenvalue weighted by Gasteiger charge is 2.21. The Morgan fingerprint density at radius 1 is 1.06 bits per heavy atom. The number of nitrogen functional groups attached to an aromatic ring is 1. The molecule has 1 atom stereocenters. The van der Waals surface area contributed by atoms with Crippen LogP contribution in [0.4, 0.5) is 10.2 Å². The van der Waals surface area contributed by atoms with Crippen molar-refractivity contribution in [1.29, 1.82) is 0 Å². The van der Waals surface area contributed by atoms with E-state index in [1.54, 1.807) is 32.5 Å². The number of hydrogen-bond donors (Lipinski definition) is 1. The number of rotatable bonds is 5. The summed E-state index contributed by atoms with van der Waals surface area (Å²) in [7, 11) is -2.47. The summed E-state index contributed by atoms with van der Waals surface area (Å²) < 4.78 is 32.8. The number of nitrogens with two attached hydrogens (primary N) is 1. The van der Waals surface area contributed by atoms with Crippen LogP contribution in [0.5, 0.6) is 5.75 Å². The molecule has 33 heavy (non-hydrogen) atoms. The summed E-state index contributed by atoms with van der Waals surface area (Å²) in [5.41, 5.74) is 8.08. The Morgan fingerprint density at radius 2 is 1.76 bits per heavy atom. The highest BCUT2D eigenvalue weighted by atomic mass is 35.5. The highest BCUT2D eigenvalue weighted by Crippen LogP contribution is 2.41. The van der Waals surface area contributed by atoms with Crippen molar-refractivity contribution in [3.63, 3.8) is 0 Å². The first-order valence-corrected chi connectivity index (χ1v) is 13.6. The molecule has 1 heterocycles. The van der Waals surface area contributed by atoms with Gasteiger partial charge in [0.25, 0.3) is 0 Å². The van der Waals surface area contributed by atoms with Crippen LogP contribution in [0.25, 0.3) is 21.9 Å². The number of fused-ring (bicyclic) bond motifs is 1. The van der Waals surface area contributed by atoms with Gasteiger partial charge in [0.05, 0.1) is 5.02 Å². The minimum Gasteiger partial charge on any atom is -0.482 e. The topological polar surface area (TPSA) is 65.2 Å². The number of ether oxygens (including phenoxy) is 1. The molecule has 0 bridgehead atoms. The van der Waals surface area contributed by atoms with Crippen LogP contribution in [-0.4, -0.2) is 18.3 Å². The van der Waals surface area contributed by atoms with Crippen LogP contribution in [0.15, 0.2) is 60.8 Å². The molecule has 8 heteroatoms. The standard InChI is InChI=1S/C25H22Cl2FN2O2P/c1-14(23-19(26)9-10-20(28)24(23)27)32-21-12-15(13-30-25(21)29)16-8-11-22(33(2,3)31)18-7-5-4-6-17(16)18/h4-14H,1-3H3,(H2,29,30). The molecule has 0 aliphatic carbocycles. The van der Waals surface area contributed by atoms with Gasteiger partial charge in [-0.3, -0.25) is 0 Å². The molecular weight excluding hydrogens is 481 g/mol. The van der Waals surface area contributed by atoms with Crippen LogP contribution in [0.1, 0.15) is 18.6 Å². The van der Waals surface area contributed by atoms with Gasteiger partial charge in [-0.25, -0.2) is 9.37 Å². The molecule has 0 radical (unpaired) electrons. The van der Waals surface area contributed by atoms with Gasteiger partial charge >= 0.3 is 0 Å². The second kappa shape index (κ2) is 8.98. The van der Waals surface area contributed by atoms with Crippen LogP contribution >= 0.6 is 30.3 Å². The number of hydrogen-bond acceptors (Lipinski definition) is 4. The van der Waals surface area contributed by atoms with Gasteiger partial charge in [0.1, 0.15) is 19.1 Å². The summed E-state index contributed by atoms with van der Waals surface area (Å²) in [6, 6.07) is 16.0. The molecule has 0 amide bonds. The van der Waals surface area contributed by atoms with E-state index in [9.17, 15) is 8.96 Å². The molecule has 4 aromatic rings. The molecule has 0 aliphatic rings. The lowest BCUT2D eigenvalue weighted by atomic mass is 9.99. The zero-order valence-electron chi connectivity index (χ0n) is 18.3. The maximum Gasteiger partial charge on any atom is 0.166 e. The summed E-state index contributed by atoms with van der Waals surface area (Å²) >= 11 is 12.4. The van der Waals surface area contributed by atoms with Crippen molar-refractivity contribution in [3.8, 4) is 16.9 Å². The van der Waals surface area contributed by atoms with Crippen molar-refractivity contribution in [2.75, 3.05) is 19.1 Å². The molecule has 3 aromatic carbocycles. The van der Waals surface area contributed by atoms with Crippen molar-refractivity contribution >= 4 is 52.2 Å². The molecule has 0 aliphatic heterocycles. The predicted molar refractivity (Wildman–Crippen MR) is 136 cm³/mol. The Morgan fingerprint density at radius 3 is 2.45 bits per heavy atom. The number of halogens is 3. The number of aromatic nitrogens is 1. The zero-order chi connectivity index (χ0) is 23.9. The third kappa shape index (κ3) is 4.59. The Bertz CT molecular complexity index is 1420. The van der Waals surface area contributed by atoms with Gasteiger partial charge in [-0.1, -0.05) is 59.6 Å². The lowest BCUT2D eigenvalue weighted by molar-refractivity contribution is 0.227. The van der Waals surface area contributed by atoms with Crippen molar-refractivity contribution < 1.29 is 13.7 Å². The second-order valence-electron chi connectivity index (χ2n) is 8.15. The molecule has 0 saturated heterocycles. The molecule has 0 saturated carbocycles. The van der Waals surface area contributed by atoms with Crippen LogP contribution in [0.3, 0.4) is 0 Å². The first-order valence-electron chi connectivity index (χ1n) is 10.2. The third-order valence-electron chi connectivity index (χ3n) is 5.46. The molecule has 1 aromatic heterocycles. The Hall–Kier alpha value is -2.59. The largest absolute Gasteiger partial charge is 0.482 e.